The van der Waals surface area contributed by atoms with Gasteiger partial charge in [0, 0.05) is 6.42 Å². The molecular weight excluding hydrogens is 382 g/mol. The predicted octanol–water partition coefficient (Wildman–Crippen LogP) is 3.28. The van der Waals surface area contributed by atoms with Gasteiger partial charge < -0.3 is 25.0 Å². The molecule has 0 heterocycles. The Balaban J connectivity index is 1.84. The van der Waals surface area contributed by atoms with Gasteiger partial charge in [-0.1, -0.05) is 35.9 Å². The van der Waals surface area contributed by atoms with Crippen LogP contribution in [0.2, 0.25) is 0 Å². The summed E-state index contributed by atoms with van der Waals surface area (Å²) in [6.45, 7) is 4.57. The van der Waals surface area contributed by atoms with Gasteiger partial charge in [0.2, 0.25) is 5.91 Å². The molecule has 6 heteroatoms. The first-order valence-electron chi connectivity index (χ1n) is 10.7. The number of phenols is 1. The van der Waals surface area contributed by atoms with Crippen LogP contribution >= 0.6 is 0 Å². The fourth-order valence-corrected chi connectivity index (χ4v) is 3.21. The van der Waals surface area contributed by atoms with Crippen molar-refractivity contribution in [2.75, 3.05) is 19.8 Å². The van der Waals surface area contributed by atoms with E-state index in [9.17, 15) is 15.0 Å². The Hall–Kier alpha value is -2.15. The molecule has 1 aromatic carbocycles. The van der Waals surface area contributed by atoms with Crippen LogP contribution in [0.5, 0.6) is 5.75 Å². The number of carbonyl (C=O) groups is 1. The lowest BCUT2D eigenvalue weighted by atomic mass is 10.0. The van der Waals surface area contributed by atoms with Gasteiger partial charge in [-0.15, -0.1) is 0 Å². The van der Waals surface area contributed by atoms with E-state index >= 15 is 0 Å². The predicted molar refractivity (Wildman–Crippen MR) is 117 cm³/mol. The lowest BCUT2D eigenvalue weighted by Crippen LogP contribution is -2.40. The molecule has 1 aromatic rings. The van der Waals surface area contributed by atoms with E-state index in [2.05, 4.69) is 23.5 Å². The van der Waals surface area contributed by atoms with Gasteiger partial charge in [0.1, 0.15) is 5.75 Å². The van der Waals surface area contributed by atoms with E-state index in [1.165, 1.54) is 5.57 Å². The number of hydrogen-bond donors (Lipinski definition) is 3. The van der Waals surface area contributed by atoms with Crippen molar-refractivity contribution in [2.45, 2.75) is 64.2 Å². The molecule has 6 nitrogen and oxygen atoms in total. The third-order valence-corrected chi connectivity index (χ3v) is 4.79. The first-order chi connectivity index (χ1) is 14.4. The highest BCUT2D eigenvalue weighted by molar-refractivity contribution is 5.76. The number of nitrogens with one attached hydrogen (secondary N) is 1. The number of benzene rings is 1. The number of hydrogen-bond acceptors (Lipinski definition) is 5. The molecule has 0 aromatic heterocycles. The second-order valence-corrected chi connectivity index (χ2v) is 7.92. The topological polar surface area (TPSA) is 88.0 Å². The molecule has 0 bridgehead atoms. The molecule has 166 valence electrons. The van der Waals surface area contributed by atoms with Crippen LogP contribution in [-0.4, -0.2) is 54.2 Å². The maximum absolute atomic E-state index is 12.5. The molecule has 0 fully saturated rings. The van der Waals surface area contributed by atoms with Crippen molar-refractivity contribution >= 4 is 5.91 Å². The van der Waals surface area contributed by atoms with Crippen LogP contribution in [0.25, 0.3) is 0 Å². The summed E-state index contributed by atoms with van der Waals surface area (Å²) in [5, 5.41) is 21.9. The molecule has 0 aliphatic heterocycles. The zero-order valence-corrected chi connectivity index (χ0v) is 18.0. The Morgan fingerprint density at radius 2 is 1.90 bits per heavy atom. The SMILES string of the molecule is CC(O)COC(C)COCC(Cc1ccc(O)cc1)NC(=O)CCC1=CCCC=C1. The van der Waals surface area contributed by atoms with Gasteiger partial charge in [0.05, 0.1) is 38.1 Å². The highest BCUT2D eigenvalue weighted by Crippen LogP contribution is 2.15. The van der Waals surface area contributed by atoms with Crippen molar-refractivity contribution in [3.05, 3.63) is 53.6 Å². The van der Waals surface area contributed by atoms with Crippen molar-refractivity contribution in [3.8, 4) is 5.75 Å². The largest absolute Gasteiger partial charge is 0.508 e. The summed E-state index contributed by atoms with van der Waals surface area (Å²) >= 11 is 0. The Morgan fingerprint density at radius 3 is 2.57 bits per heavy atom. The molecule has 3 N–H and O–H groups in total. The number of amides is 1. The highest BCUT2D eigenvalue weighted by atomic mass is 16.5. The average Bonchev–Trinajstić information content (AvgIpc) is 2.73. The number of allylic oxidation sites excluding steroid dienone is 4. The second-order valence-electron chi connectivity index (χ2n) is 7.92. The molecule has 0 spiro atoms. The molecule has 0 saturated heterocycles. The van der Waals surface area contributed by atoms with Gasteiger partial charge in [-0.3, -0.25) is 4.79 Å². The fourth-order valence-electron chi connectivity index (χ4n) is 3.21. The molecule has 0 radical (unpaired) electrons. The third kappa shape index (κ3) is 10.1. The quantitative estimate of drug-likeness (QED) is 0.458. The summed E-state index contributed by atoms with van der Waals surface area (Å²) < 4.78 is 11.3. The van der Waals surface area contributed by atoms with Crippen LogP contribution in [0, 0.1) is 0 Å². The van der Waals surface area contributed by atoms with Gasteiger partial charge in [0.15, 0.2) is 0 Å². The minimum atomic E-state index is -0.511. The monoisotopic (exact) mass is 417 g/mol. The first-order valence-corrected chi connectivity index (χ1v) is 10.7. The summed E-state index contributed by atoms with van der Waals surface area (Å²) in [6.07, 6.45) is 9.68. The van der Waals surface area contributed by atoms with Crippen LogP contribution in [-0.2, 0) is 20.7 Å². The van der Waals surface area contributed by atoms with E-state index in [1.54, 1.807) is 19.1 Å². The van der Waals surface area contributed by atoms with Gasteiger partial charge >= 0.3 is 0 Å². The number of phenolic OH excluding ortho intramolecular Hbond substituents is 1. The number of ether oxygens (including phenoxy) is 2. The highest BCUT2D eigenvalue weighted by Gasteiger charge is 2.15. The van der Waals surface area contributed by atoms with Crippen LogP contribution in [0.3, 0.4) is 0 Å². The number of aliphatic hydroxyl groups excluding tert-OH is 1. The van der Waals surface area contributed by atoms with E-state index in [4.69, 9.17) is 9.47 Å². The lowest BCUT2D eigenvalue weighted by molar-refractivity contribution is -0.122. The van der Waals surface area contributed by atoms with Crippen LogP contribution < -0.4 is 5.32 Å². The first kappa shape index (κ1) is 24.1. The maximum Gasteiger partial charge on any atom is 0.220 e. The van der Waals surface area contributed by atoms with E-state index in [0.29, 0.717) is 26.1 Å². The minimum absolute atomic E-state index is 0.000607. The van der Waals surface area contributed by atoms with Crippen molar-refractivity contribution < 1.29 is 24.5 Å². The van der Waals surface area contributed by atoms with E-state index in [1.807, 2.05) is 19.1 Å². The van der Waals surface area contributed by atoms with Gasteiger partial charge in [-0.25, -0.2) is 0 Å². The molecule has 3 unspecified atom stereocenters. The Labute approximate surface area is 179 Å². The van der Waals surface area contributed by atoms with Crippen molar-refractivity contribution in [3.63, 3.8) is 0 Å². The average molecular weight is 418 g/mol. The van der Waals surface area contributed by atoms with Gasteiger partial charge in [-0.2, -0.15) is 0 Å². The van der Waals surface area contributed by atoms with E-state index < -0.39 is 6.10 Å². The number of rotatable bonds is 13. The minimum Gasteiger partial charge on any atom is -0.508 e. The molecule has 0 saturated carbocycles. The molecular formula is C24H35NO5. The van der Waals surface area contributed by atoms with Crippen LogP contribution in [0.1, 0.15) is 45.1 Å². The fraction of sp³-hybridized carbons (Fsp3) is 0.542. The normalized spacial score (nSPS) is 16.6. The van der Waals surface area contributed by atoms with E-state index in [0.717, 1.165) is 24.8 Å². The molecule has 2 rings (SSSR count). The lowest BCUT2D eigenvalue weighted by Gasteiger charge is -2.21. The smallest absolute Gasteiger partial charge is 0.220 e. The van der Waals surface area contributed by atoms with E-state index in [-0.39, 0.29) is 30.4 Å². The Bertz CT molecular complexity index is 696. The summed E-state index contributed by atoms with van der Waals surface area (Å²) in [6, 6.07) is 6.80. The zero-order valence-electron chi connectivity index (χ0n) is 18.0. The second kappa shape index (κ2) is 13.2. The van der Waals surface area contributed by atoms with Crippen molar-refractivity contribution in [2.24, 2.45) is 0 Å². The standard InChI is InChI=1S/C24H35NO5/c1-18(26)15-30-19(2)16-29-17-22(14-21-8-11-23(27)12-9-21)25-24(28)13-10-20-6-4-3-5-7-20/h4,6-9,11-12,18-19,22,26-27H,3,5,10,13-17H2,1-2H3,(H,25,28). The van der Waals surface area contributed by atoms with Gasteiger partial charge in [-0.05, 0) is 57.2 Å². The zero-order chi connectivity index (χ0) is 21.8. The molecule has 1 aliphatic carbocycles. The molecule has 30 heavy (non-hydrogen) atoms. The van der Waals surface area contributed by atoms with Crippen molar-refractivity contribution in [1.29, 1.82) is 0 Å². The summed E-state index contributed by atoms with van der Waals surface area (Å²) in [4.78, 5) is 12.5. The Kier molecular flexibility index (Phi) is 10.6. The molecule has 3 atom stereocenters. The molecule has 1 aliphatic rings. The number of aliphatic hydroxyl groups is 1. The summed E-state index contributed by atoms with van der Waals surface area (Å²) in [5.74, 6) is 0.217. The van der Waals surface area contributed by atoms with Crippen LogP contribution in [0.4, 0.5) is 0 Å². The maximum atomic E-state index is 12.5. The number of aromatic hydroxyl groups is 1. The van der Waals surface area contributed by atoms with Gasteiger partial charge in [0.25, 0.3) is 0 Å². The Morgan fingerprint density at radius 1 is 1.13 bits per heavy atom. The summed E-state index contributed by atoms with van der Waals surface area (Å²) in [7, 11) is 0. The molecule has 1 amide bonds. The van der Waals surface area contributed by atoms with Crippen LogP contribution in [0.15, 0.2) is 48.1 Å². The third-order valence-electron chi connectivity index (χ3n) is 4.79. The summed E-state index contributed by atoms with van der Waals surface area (Å²) in [5.41, 5.74) is 2.23. The van der Waals surface area contributed by atoms with Crippen molar-refractivity contribution in [1.82, 2.24) is 5.32 Å². The number of carbonyl (C=O) groups excluding carboxylic acids is 1.